The molecule has 1 aliphatic rings. The van der Waals surface area contributed by atoms with E-state index in [2.05, 4.69) is 20.9 Å². The van der Waals surface area contributed by atoms with Gasteiger partial charge in [0.15, 0.2) is 5.65 Å². The lowest BCUT2D eigenvalue weighted by molar-refractivity contribution is 0.0942. The second-order valence-corrected chi connectivity index (χ2v) is 6.78. The highest BCUT2D eigenvalue weighted by molar-refractivity contribution is 6.29. The molecular formula is C20H19ClN4O2. The number of ether oxygens (including phenoxy) is 1. The zero-order valence-electron chi connectivity index (χ0n) is 14.7. The van der Waals surface area contributed by atoms with Crippen LogP contribution in [0.5, 0.6) is 0 Å². The number of aromatic nitrogens is 2. The van der Waals surface area contributed by atoms with E-state index in [1.165, 1.54) is 0 Å². The minimum absolute atomic E-state index is 0.269. The number of anilines is 1. The topological polar surface area (TPSA) is 58.6 Å². The Morgan fingerprint density at radius 1 is 1.07 bits per heavy atom. The van der Waals surface area contributed by atoms with Crippen molar-refractivity contribution in [2.75, 3.05) is 31.1 Å². The van der Waals surface area contributed by atoms with Gasteiger partial charge in [0.1, 0.15) is 11.8 Å². The van der Waals surface area contributed by atoms with Gasteiger partial charge in [0.05, 0.1) is 11.9 Å². The predicted molar refractivity (Wildman–Crippen MR) is 105 cm³/mol. The molecule has 7 heteroatoms. The Labute approximate surface area is 162 Å². The van der Waals surface area contributed by atoms with Crippen LogP contribution in [-0.2, 0) is 11.3 Å². The molecule has 1 aliphatic heterocycles. The fourth-order valence-electron chi connectivity index (χ4n) is 3.11. The molecule has 0 spiro atoms. The van der Waals surface area contributed by atoms with Gasteiger partial charge in [-0.2, -0.15) is 0 Å². The van der Waals surface area contributed by atoms with Gasteiger partial charge in [0.2, 0.25) is 0 Å². The van der Waals surface area contributed by atoms with E-state index in [1.54, 1.807) is 17.2 Å². The molecule has 0 radical (unpaired) electrons. The normalized spacial score (nSPS) is 14.4. The molecule has 1 aromatic carbocycles. The van der Waals surface area contributed by atoms with Crippen molar-refractivity contribution in [3.63, 3.8) is 0 Å². The van der Waals surface area contributed by atoms with Gasteiger partial charge in [-0.25, -0.2) is 14.8 Å². The van der Waals surface area contributed by atoms with E-state index in [0.29, 0.717) is 30.5 Å². The molecule has 0 N–H and O–H groups in total. The fraction of sp³-hybridized carbons (Fsp3) is 0.250. The summed E-state index contributed by atoms with van der Waals surface area (Å²) in [5.74, 6) is 0. The number of pyridine rings is 2. The molecule has 1 saturated heterocycles. The molecule has 3 heterocycles. The SMILES string of the molecule is O=C(OCc1ccccc1)N1CCN(c2cnc3nc(Cl)ccc3c2)CC1. The highest BCUT2D eigenvalue weighted by Gasteiger charge is 2.22. The zero-order valence-corrected chi connectivity index (χ0v) is 15.5. The first kappa shape index (κ1) is 17.5. The van der Waals surface area contributed by atoms with Gasteiger partial charge in [-0.05, 0) is 23.8 Å². The first-order valence-electron chi connectivity index (χ1n) is 8.82. The van der Waals surface area contributed by atoms with E-state index < -0.39 is 0 Å². The standard InChI is InChI=1S/C20H19ClN4O2/c21-18-7-6-16-12-17(13-22-19(16)23-18)24-8-10-25(11-9-24)20(26)27-14-15-4-2-1-3-5-15/h1-7,12-13H,8-11,14H2. The molecule has 0 bridgehead atoms. The lowest BCUT2D eigenvalue weighted by Gasteiger charge is -2.35. The van der Waals surface area contributed by atoms with Crippen LogP contribution in [0.1, 0.15) is 5.56 Å². The van der Waals surface area contributed by atoms with Crippen LogP contribution in [0.25, 0.3) is 11.0 Å². The maximum absolute atomic E-state index is 12.3. The number of benzene rings is 1. The Kier molecular flexibility index (Phi) is 5.07. The van der Waals surface area contributed by atoms with Gasteiger partial charge in [-0.15, -0.1) is 0 Å². The van der Waals surface area contributed by atoms with Crippen molar-refractivity contribution < 1.29 is 9.53 Å². The lowest BCUT2D eigenvalue weighted by Crippen LogP contribution is -2.49. The minimum atomic E-state index is -0.269. The highest BCUT2D eigenvalue weighted by Crippen LogP contribution is 2.21. The van der Waals surface area contributed by atoms with E-state index in [0.717, 1.165) is 29.7 Å². The number of carbonyl (C=O) groups is 1. The summed E-state index contributed by atoms with van der Waals surface area (Å²) in [6.07, 6.45) is 1.53. The third-order valence-corrected chi connectivity index (χ3v) is 4.81. The molecule has 2 aromatic heterocycles. The van der Waals surface area contributed by atoms with Crippen LogP contribution in [0.15, 0.2) is 54.7 Å². The fourth-order valence-corrected chi connectivity index (χ4v) is 3.25. The van der Waals surface area contributed by atoms with E-state index in [1.807, 2.05) is 36.4 Å². The molecule has 138 valence electrons. The predicted octanol–water partition coefficient (Wildman–Crippen LogP) is 3.74. The first-order chi connectivity index (χ1) is 13.2. The van der Waals surface area contributed by atoms with Crippen LogP contribution in [0.3, 0.4) is 0 Å². The van der Waals surface area contributed by atoms with Crippen molar-refractivity contribution >= 4 is 34.4 Å². The second kappa shape index (κ2) is 7.80. The number of hydrogen-bond donors (Lipinski definition) is 0. The zero-order chi connectivity index (χ0) is 18.6. The number of carbonyl (C=O) groups excluding carboxylic acids is 1. The summed E-state index contributed by atoms with van der Waals surface area (Å²) in [6, 6.07) is 15.4. The smallest absolute Gasteiger partial charge is 0.410 e. The average Bonchev–Trinajstić information content (AvgIpc) is 2.72. The molecule has 0 atom stereocenters. The van der Waals surface area contributed by atoms with E-state index in [-0.39, 0.29) is 6.09 Å². The molecule has 0 unspecified atom stereocenters. The maximum atomic E-state index is 12.3. The van der Waals surface area contributed by atoms with Gasteiger partial charge in [-0.1, -0.05) is 41.9 Å². The number of amides is 1. The summed E-state index contributed by atoms with van der Waals surface area (Å²) in [5, 5.41) is 1.38. The van der Waals surface area contributed by atoms with Crippen molar-refractivity contribution in [2.24, 2.45) is 0 Å². The summed E-state index contributed by atoms with van der Waals surface area (Å²) in [7, 11) is 0. The Hall–Kier alpha value is -2.86. The Morgan fingerprint density at radius 3 is 2.63 bits per heavy atom. The Bertz CT molecular complexity index is 943. The number of hydrogen-bond acceptors (Lipinski definition) is 5. The monoisotopic (exact) mass is 382 g/mol. The van der Waals surface area contributed by atoms with Crippen LogP contribution in [-0.4, -0.2) is 47.1 Å². The van der Waals surface area contributed by atoms with Crippen molar-refractivity contribution in [3.8, 4) is 0 Å². The van der Waals surface area contributed by atoms with Gasteiger partial charge in [0, 0.05) is 31.6 Å². The van der Waals surface area contributed by atoms with Gasteiger partial charge >= 0.3 is 6.09 Å². The number of nitrogens with zero attached hydrogens (tertiary/aromatic N) is 4. The molecule has 3 aromatic rings. The average molecular weight is 383 g/mol. The molecular weight excluding hydrogens is 364 g/mol. The molecule has 1 fully saturated rings. The largest absolute Gasteiger partial charge is 0.445 e. The van der Waals surface area contributed by atoms with Crippen molar-refractivity contribution in [1.82, 2.24) is 14.9 Å². The Morgan fingerprint density at radius 2 is 1.85 bits per heavy atom. The van der Waals surface area contributed by atoms with Crippen LogP contribution in [0, 0.1) is 0 Å². The van der Waals surface area contributed by atoms with Crippen LogP contribution < -0.4 is 4.90 Å². The van der Waals surface area contributed by atoms with Crippen molar-refractivity contribution in [2.45, 2.75) is 6.61 Å². The molecule has 6 nitrogen and oxygen atoms in total. The quantitative estimate of drug-likeness (QED) is 0.646. The lowest BCUT2D eigenvalue weighted by atomic mass is 10.2. The summed E-state index contributed by atoms with van der Waals surface area (Å²) >= 11 is 5.91. The molecule has 0 aliphatic carbocycles. The number of halogens is 1. The van der Waals surface area contributed by atoms with Gasteiger partial charge < -0.3 is 14.5 Å². The molecule has 0 saturated carbocycles. The summed E-state index contributed by atoms with van der Waals surface area (Å²) in [6.45, 7) is 2.99. The molecule has 27 heavy (non-hydrogen) atoms. The van der Waals surface area contributed by atoms with Crippen molar-refractivity contribution in [3.05, 3.63) is 65.4 Å². The van der Waals surface area contributed by atoms with Crippen LogP contribution in [0.2, 0.25) is 5.15 Å². The first-order valence-corrected chi connectivity index (χ1v) is 9.20. The van der Waals surface area contributed by atoms with Crippen LogP contribution in [0.4, 0.5) is 10.5 Å². The van der Waals surface area contributed by atoms with Crippen LogP contribution >= 0.6 is 11.6 Å². The van der Waals surface area contributed by atoms with Crippen molar-refractivity contribution in [1.29, 1.82) is 0 Å². The second-order valence-electron chi connectivity index (χ2n) is 6.39. The third kappa shape index (κ3) is 4.11. The van der Waals surface area contributed by atoms with E-state index in [4.69, 9.17) is 16.3 Å². The Balaban J connectivity index is 1.34. The van der Waals surface area contributed by atoms with E-state index >= 15 is 0 Å². The number of piperazine rings is 1. The highest BCUT2D eigenvalue weighted by atomic mass is 35.5. The minimum Gasteiger partial charge on any atom is -0.445 e. The number of fused-ring (bicyclic) bond motifs is 1. The summed E-state index contributed by atoms with van der Waals surface area (Å²) in [4.78, 5) is 24.8. The third-order valence-electron chi connectivity index (χ3n) is 4.60. The summed E-state index contributed by atoms with van der Waals surface area (Å²) < 4.78 is 5.41. The van der Waals surface area contributed by atoms with Gasteiger partial charge in [-0.3, -0.25) is 0 Å². The van der Waals surface area contributed by atoms with E-state index in [9.17, 15) is 4.79 Å². The number of rotatable bonds is 3. The molecule has 4 rings (SSSR count). The molecule has 1 amide bonds. The van der Waals surface area contributed by atoms with Gasteiger partial charge in [0.25, 0.3) is 0 Å². The maximum Gasteiger partial charge on any atom is 0.410 e. The summed E-state index contributed by atoms with van der Waals surface area (Å²) in [5.41, 5.74) is 2.64.